The summed E-state index contributed by atoms with van der Waals surface area (Å²) >= 11 is 0. The molecule has 0 N–H and O–H groups in total. The van der Waals surface area contributed by atoms with Gasteiger partial charge in [0.1, 0.15) is 6.33 Å². The summed E-state index contributed by atoms with van der Waals surface area (Å²) < 4.78 is 1.55. The van der Waals surface area contributed by atoms with Gasteiger partial charge in [0.2, 0.25) is 0 Å². The molecular weight excluding hydrogens is 118 g/mol. The second-order valence-electron chi connectivity index (χ2n) is 1.55. The van der Waals surface area contributed by atoms with E-state index in [1.54, 1.807) is 16.8 Å². The highest BCUT2D eigenvalue weighted by Gasteiger charge is 1.89. The number of hydrogen-bond acceptors (Lipinski definition) is 4. The Kier molecular flexibility index (Phi) is 0.717. The van der Waals surface area contributed by atoms with Crippen molar-refractivity contribution < 1.29 is 0 Å². The average Bonchev–Trinajstić information content (AvgIpc) is 2.33. The Bertz CT molecular complexity index is 283. The van der Waals surface area contributed by atoms with Crippen molar-refractivity contribution in [2.24, 2.45) is 0 Å². The molecule has 5 heteroatoms. The molecule has 0 saturated carbocycles. The third-order valence-corrected chi connectivity index (χ3v) is 1.01. The molecule has 0 unspecified atom stereocenters. The van der Waals surface area contributed by atoms with Gasteiger partial charge in [0, 0.05) is 6.07 Å². The summed E-state index contributed by atoms with van der Waals surface area (Å²) in [4.78, 5) is 0. The second kappa shape index (κ2) is 1.48. The maximum atomic E-state index is 3.87. The minimum Gasteiger partial charge on any atom is -0.200 e. The van der Waals surface area contributed by atoms with Crippen molar-refractivity contribution in [3.8, 4) is 0 Å². The lowest BCUT2D eigenvalue weighted by Gasteiger charge is -1.83. The summed E-state index contributed by atoms with van der Waals surface area (Å²) in [6, 6.07) is 1.76. The molecule has 0 aromatic carbocycles. The molecule has 0 amide bonds. The van der Waals surface area contributed by atoms with Crippen molar-refractivity contribution in [3.05, 3.63) is 18.6 Å². The van der Waals surface area contributed by atoms with Gasteiger partial charge >= 0.3 is 0 Å². The average molecular weight is 121 g/mol. The minimum absolute atomic E-state index is 0.713. The fourth-order valence-corrected chi connectivity index (χ4v) is 0.619. The van der Waals surface area contributed by atoms with E-state index in [1.165, 1.54) is 6.33 Å². The van der Waals surface area contributed by atoms with Crippen molar-refractivity contribution in [1.82, 2.24) is 25.0 Å². The normalized spacial score (nSPS) is 10.2. The van der Waals surface area contributed by atoms with Crippen LogP contribution < -0.4 is 0 Å². The van der Waals surface area contributed by atoms with Gasteiger partial charge in [-0.05, 0) is 5.21 Å². The van der Waals surface area contributed by atoms with E-state index in [2.05, 4.69) is 20.5 Å². The first-order valence-corrected chi connectivity index (χ1v) is 2.44. The first-order chi connectivity index (χ1) is 4.47. The zero-order valence-electron chi connectivity index (χ0n) is 4.47. The maximum Gasteiger partial charge on any atom is 0.180 e. The van der Waals surface area contributed by atoms with E-state index in [0.29, 0.717) is 5.65 Å². The third-order valence-electron chi connectivity index (χ3n) is 1.01. The van der Waals surface area contributed by atoms with Gasteiger partial charge in [0.05, 0.1) is 6.20 Å². The quantitative estimate of drug-likeness (QED) is 0.472. The maximum absolute atomic E-state index is 3.87. The highest BCUT2D eigenvalue weighted by atomic mass is 15.4. The van der Waals surface area contributed by atoms with Crippen molar-refractivity contribution >= 4 is 5.65 Å². The predicted octanol–water partition coefficient (Wildman–Crippen LogP) is -0.481. The topological polar surface area (TPSA) is 56.0 Å². The summed E-state index contributed by atoms with van der Waals surface area (Å²) in [7, 11) is 0. The van der Waals surface area contributed by atoms with Crippen LogP contribution in [0.1, 0.15) is 0 Å². The Morgan fingerprint density at radius 2 is 2.44 bits per heavy atom. The largest absolute Gasteiger partial charge is 0.200 e. The van der Waals surface area contributed by atoms with Crippen molar-refractivity contribution in [2.75, 3.05) is 0 Å². The molecule has 2 aromatic heterocycles. The first-order valence-electron chi connectivity index (χ1n) is 2.44. The number of fused-ring (bicyclic) bond motifs is 1. The van der Waals surface area contributed by atoms with Crippen LogP contribution in [0.5, 0.6) is 0 Å². The van der Waals surface area contributed by atoms with Gasteiger partial charge in [0.25, 0.3) is 0 Å². The van der Waals surface area contributed by atoms with Crippen LogP contribution in [0, 0.1) is 0 Å². The molecule has 2 rings (SSSR count). The van der Waals surface area contributed by atoms with Gasteiger partial charge in [-0.2, -0.15) is 5.10 Å². The highest BCUT2D eigenvalue weighted by molar-refractivity contribution is 5.31. The SMILES string of the molecule is c1cc2nnncn2n1. The number of aromatic nitrogens is 5. The molecule has 0 spiro atoms. The van der Waals surface area contributed by atoms with Crippen LogP contribution in [-0.2, 0) is 0 Å². The van der Waals surface area contributed by atoms with Gasteiger partial charge < -0.3 is 0 Å². The van der Waals surface area contributed by atoms with E-state index in [1.807, 2.05) is 0 Å². The molecule has 0 aliphatic rings. The molecular formula is C4H3N5. The summed E-state index contributed by atoms with van der Waals surface area (Å²) in [5.41, 5.74) is 0.713. The Hall–Kier alpha value is -1.52. The molecule has 9 heavy (non-hydrogen) atoms. The fraction of sp³-hybridized carbons (Fsp3) is 0. The molecule has 0 saturated heterocycles. The lowest BCUT2D eigenvalue weighted by atomic mass is 10.7. The second-order valence-corrected chi connectivity index (χ2v) is 1.55. The van der Waals surface area contributed by atoms with Gasteiger partial charge in [-0.25, -0.2) is 4.52 Å². The summed E-state index contributed by atoms with van der Waals surface area (Å²) in [5.74, 6) is 0. The van der Waals surface area contributed by atoms with Crippen molar-refractivity contribution in [3.63, 3.8) is 0 Å². The van der Waals surface area contributed by atoms with Crippen LogP contribution in [0.3, 0.4) is 0 Å². The van der Waals surface area contributed by atoms with Crippen molar-refractivity contribution in [1.29, 1.82) is 0 Å². The molecule has 2 heterocycles. The summed E-state index contributed by atoms with van der Waals surface area (Å²) in [5, 5.41) is 14.5. The zero-order chi connectivity index (χ0) is 6.10. The lowest BCUT2D eigenvalue weighted by molar-refractivity contribution is 0.781. The molecule has 0 aliphatic carbocycles. The predicted molar refractivity (Wildman–Crippen MR) is 28.6 cm³/mol. The Balaban J connectivity index is 2.95. The standard InChI is InChI=1S/C4H3N5/c1-2-6-9-3-5-8-7-4(1)9/h1-3H. The Morgan fingerprint density at radius 1 is 1.44 bits per heavy atom. The zero-order valence-corrected chi connectivity index (χ0v) is 4.47. The summed E-state index contributed by atoms with van der Waals surface area (Å²) in [6.07, 6.45) is 3.15. The van der Waals surface area contributed by atoms with E-state index in [-0.39, 0.29) is 0 Å². The van der Waals surface area contributed by atoms with Gasteiger partial charge in [-0.15, -0.1) is 10.2 Å². The molecule has 0 bridgehead atoms. The number of rotatable bonds is 0. The number of nitrogens with zero attached hydrogens (tertiary/aromatic N) is 5. The molecule has 0 atom stereocenters. The number of hydrogen-bond donors (Lipinski definition) is 0. The first kappa shape index (κ1) is 4.37. The van der Waals surface area contributed by atoms with Gasteiger partial charge in [-0.1, -0.05) is 0 Å². The molecule has 5 nitrogen and oxygen atoms in total. The summed E-state index contributed by atoms with van der Waals surface area (Å²) in [6.45, 7) is 0. The highest BCUT2D eigenvalue weighted by Crippen LogP contribution is 1.89. The van der Waals surface area contributed by atoms with Crippen LogP contribution in [0.2, 0.25) is 0 Å². The minimum atomic E-state index is 0.713. The molecule has 2 aromatic rings. The van der Waals surface area contributed by atoms with E-state index in [0.717, 1.165) is 0 Å². The third kappa shape index (κ3) is 0.543. The molecule has 44 valence electrons. The monoisotopic (exact) mass is 121 g/mol. The van der Waals surface area contributed by atoms with E-state index in [9.17, 15) is 0 Å². The van der Waals surface area contributed by atoms with Gasteiger partial charge in [-0.3, -0.25) is 0 Å². The van der Waals surface area contributed by atoms with Crippen molar-refractivity contribution in [2.45, 2.75) is 0 Å². The van der Waals surface area contributed by atoms with Crippen LogP contribution in [0.25, 0.3) is 5.65 Å². The van der Waals surface area contributed by atoms with E-state index >= 15 is 0 Å². The van der Waals surface area contributed by atoms with Gasteiger partial charge in [0.15, 0.2) is 5.65 Å². The van der Waals surface area contributed by atoms with E-state index in [4.69, 9.17) is 0 Å². The molecule has 0 radical (unpaired) electrons. The van der Waals surface area contributed by atoms with Crippen LogP contribution in [-0.4, -0.2) is 25.0 Å². The Labute approximate surface area is 50.3 Å². The van der Waals surface area contributed by atoms with Crippen LogP contribution in [0.4, 0.5) is 0 Å². The molecule has 0 aliphatic heterocycles. The van der Waals surface area contributed by atoms with Crippen LogP contribution >= 0.6 is 0 Å². The molecule has 0 fully saturated rings. The smallest absolute Gasteiger partial charge is 0.180 e. The van der Waals surface area contributed by atoms with Crippen LogP contribution in [0.15, 0.2) is 18.6 Å². The Morgan fingerprint density at radius 3 is 3.33 bits per heavy atom. The van der Waals surface area contributed by atoms with E-state index < -0.39 is 0 Å². The fourth-order valence-electron chi connectivity index (χ4n) is 0.619. The lowest BCUT2D eigenvalue weighted by Crippen LogP contribution is -1.93.